The van der Waals surface area contributed by atoms with E-state index in [9.17, 15) is 5.11 Å². The van der Waals surface area contributed by atoms with Gasteiger partial charge in [-0.3, -0.25) is 0 Å². The summed E-state index contributed by atoms with van der Waals surface area (Å²) in [6.07, 6.45) is -0.676. The van der Waals surface area contributed by atoms with Gasteiger partial charge in [-0.1, -0.05) is 70.0 Å². The molecule has 106 valence electrons. The third kappa shape index (κ3) is 2.59. The molecular weight excluding hydrogens is 348 g/mol. The molecule has 0 heterocycles. The molecule has 1 nitrogen and oxygen atoms in total. The van der Waals surface area contributed by atoms with Crippen LogP contribution in [0.3, 0.4) is 0 Å². The van der Waals surface area contributed by atoms with Crippen molar-refractivity contribution in [2.75, 3.05) is 0 Å². The maximum Gasteiger partial charge on any atom is 0.105 e. The summed E-state index contributed by atoms with van der Waals surface area (Å²) in [6, 6.07) is 17.5. The highest BCUT2D eigenvalue weighted by Crippen LogP contribution is 2.35. The average molecular weight is 362 g/mol. The van der Waals surface area contributed by atoms with Crippen molar-refractivity contribution < 1.29 is 5.11 Å². The van der Waals surface area contributed by atoms with Gasteiger partial charge in [0.15, 0.2) is 0 Å². The van der Waals surface area contributed by atoms with Crippen LogP contribution >= 0.6 is 27.5 Å². The van der Waals surface area contributed by atoms with Crippen molar-refractivity contribution in [3.8, 4) is 0 Å². The fourth-order valence-corrected chi connectivity index (χ4v) is 3.22. The highest BCUT2D eigenvalue weighted by Gasteiger charge is 2.17. The molecule has 0 aliphatic heterocycles. The molecule has 0 aromatic heterocycles. The summed E-state index contributed by atoms with van der Waals surface area (Å²) in [5.41, 5.74) is 2.82. The number of rotatable bonds is 2. The molecule has 0 saturated carbocycles. The molecule has 3 aromatic carbocycles. The third-order valence-corrected chi connectivity index (χ3v) is 4.99. The molecule has 3 heteroatoms. The van der Waals surface area contributed by atoms with Gasteiger partial charge in [0, 0.05) is 14.9 Å². The summed E-state index contributed by atoms with van der Waals surface area (Å²) in [7, 11) is 0. The highest BCUT2D eigenvalue weighted by molar-refractivity contribution is 9.10. The van der Waals surface area contributed by atoms with Crippen LogP contribution in [0.5, 0.6) is 0 Å². The Balaban J connectivity index is 2.21. The monoisotopic (exact) mass is 360 g/mol. The molecule has 0 aliphatic carbocycles. The van der Waals surface area contributed by atoms with E-state index in [0.717, 1.165) is 31.9 Å². The van der Waals surface area contributed by atoms with Gasteiger partial charge in [0.1, 0.15) is 6.10 Å². The lowest BCUT2D eigenvalue weighted by atomic mass is 9.93. The summed E-state index contributed by atoms with van der Waals surface area (Å²) in [6.45, 7) is 2.00. The number of aliphatic hydroxyl groups is 1. The number of hydrogen-bond donors (Lipinski definition) is 1. The minimum absolute atomic E-state index is 0.676. The summed E-state index contributed by atoms with van der Waals surface area (Å²) >= 11 is 9.76. The molecule has 3 rings (SSSR count). The summed E-state index contributed by atoms with van der Waals surface area (Å²) in [4.78, 5) is 0. The van der Waals surface area contributed by atoms with Crippen molar-refractivity contribution in [2.24, 2.45) is 0 Å². The maximum absolute atomic E-state index is 10.8. The zero-order valence-electron chi connectivity index (χ0n) is 11.5. The Labute approximate surface area is 137 Å². The quantitative estimate of drug-likeness (QED) is 0.625. The van der Waals surface area contributed by atoms with E-state index in [2.05, 4.69) is 15.9 Å². The molecule has 1 N–H and O–H groups in total. The standard InChI is InChI=1S/C18H14BrClO/c1-11-12(7-4-8-16(11)19)18(21)15-9-10-17(20)14-6-3-2-5-13(14)15/h2-10,18,21H,1H3. The normalized spacial score (nSPS) is 12.6. The lowest BCUT2D eigenvalue weighted by Crippen LogP contribution is -2.03. The van der Waals surface area contributed by atoms with Crippen LogP contribution in [0, 0.1) is 6.92 Å². The Bertz CT molecular complexity index is 813. The van der Waals surface area contributed by atoms with Crippen molar-refractivity contribution in [3.05, 3.63) is 80.8 Å². The summed E-state index contributed by atoms with van der Waals surface area (Å²) in [5, 5.41) is 13.5. The molecule has 0 spiro atoms. The van der Waals surface area contributed by atoms with Crippen molar-refractivity contribution in [1.82, 2.24) is 0 Å². The van der Waals surface area contributed by atoms with Crippen LogP contribution in [0.15, 0.2) is 59.1 Å². The smallest absolute Gasteiger partial charge is 0.105 e. The van der Waals surface area contributed by atoms with Gasteiger partial charge in [0.05, 0.1) is 0 Å². The van der Waals surface area contributed by atoms with Gasteiger partial charge in [0.25, 0.3) is 0 Å². The van der Waals surface area contributed by atoms with Crippen molar-refractivity contribution in [2.45, 2.75) is 13.0 Å². The van der Waals surface area contributed by atoms with Gasteiger partial charge in [0.2, 0.25) is 0 Å². The Morgan fingerprint density at radius 2 is 1.62 bits per heavy atom. The molecule has 0 fully saturated rings. The SMILES string of the molecule is Cc1c(Br)cccc1C(O)c1ccc(Cl)c2ccccc12. The second-order valence-electron chi connectivity index (χ2n) is 5.04. The van der Waals surface area contributed by atoms with E-state index in [4.69, 9.17) is 11.6 Å². The van der Waals surface area contributed by atoms with E-state index in [0.29, 0.717) is 5.02 Å². The van der Waals surface area contributed by atoms with Crippen LogP contribution in [-0.2, 0) is 0 Å². The first-order valence-corrected chi connectivity index (χ1v) is 7.87. The molecule has 0 saturated heterocycles. The molecule has 0 radical (unpaired) electrons. The van der Waals surface area contributed by atoms with E-state index >= 15 is 0 Å². The second-order valence-corrected chi connectivity index (χ2v) is 6.30. The zero-order chi connectivity index (χ0) is 15.0. The first kappa shape index (κ1) is 14.6. The van der Waals surface area contributed by atoms with Crippen LogP contribution in [0.1, 0.15) is 22.8 Å². The van der Waals surface area contributed by atoms with Gasteiger partial charge in [-0.2, -0.15) is 0 Å². The fraction of sp³-hybridized carbons (Fsp3) is 0.111. The lowest BCUT2D eigenvalue weighted by Gasteiger charge is -2.17. The molecular formula is C18H14BrClO. The number of aliphatic hydroxyl groups excluding tert-OH is 1. The number of fused-ring (bicyclic) bond motifs is 1. The molecule has 0 amide bonds. The second kappa shape index (κ2) is 5.80. The van der Waals surface area contributed by atoms with Crippen LogP contribution in [-0.4, -0.2) is 5.11 Å². The number of halogens is 2. The summed E-state index contributed by atoms with van der Waals surface area (Å²) < 4.78 is 0.998. The molecule has 0 aliphatic rings. The topological polar surface area (TPSA) is 20.2 Å². The van der Waals surface area contributed by atoms with Crippen molar-refractivity contribution in [3.63, 3.8) is 0 Å². The molecule has 1 unspecified atom stereocenters. The van der Waals surface area contributed by atoms with Crippen LogP contribution in [0.4, 0.5) is 0 Å². The first-order valence-electron chi connectivity index (χ1n) is 6.70. The number of hydrogen-bond acceptors (Lipinski definition) is 1. The lowest BCUT2D eigenvalue weighted by molar-refractivity contribution is 0.221. The Morgan fingerprint density at radius 3 is 2.38 bits per heavy atom. The predicted octanol–water partition coefficient (Wildman–Crippen LogP) is 5.65. The van der Waals surface area contributed by atoms with Gasteiger partial charge >= 0.3 is 0 Å². The summed E-state index contributed by atoms with van der Waals surface area (Å²) in [5.74, 6) is 0. The highest BCUT2D eigenvalue weighted by atomic mass is 79.9. The Kier molecular flexibility index (Phi) is 4.03. The Hall–Kier alpha value is -1.35. The maximum atomic E-state index is 10.8. The number of benzene rings is 3. The van der Waals surface area contributed by atoms with Gasteiger partial charge in [-0.15, -0.1) is 0 Å². The Morgan fingerprint density at radius 1 is 0.905 bits per heavy atom. The molecule has 0 bridgehead atoms. The molecule has 1 atom stereocenters. The minimum Gasteiger partial charge on any atom is -0.384 e. The van der Waals surface area contributed by atoms with Gasteiger partial charge in [-0.25, -0.2) is 0 Å². The van der Waals surface area contributed by atoms with E-state index in [1.165, 1.54) is 0 Å². The van der Waals surface area contributed by atoms with Gasteiger partial charge < -0.3 is 5.11 Å². The van der Waals surface area contributed by atoms with Crippen molar-refractivity contribution >= 4 is 38.3 Å². The molecule has 21 heavy (non-hydrogen) atoms. The fourth-order valence-electron chi connectivity index (χ4n) is 2.61. The zero-order valence-corrected chi connectivity index (χ0v) is 13.8. The predicted molar refractivity (Wildman–Crippen MR) is 91.9 cm³/mol. The van der Waals surface area contributed by atoms with E-state index in [-0.39, 0.29) is 0 Å². The third-order valence-electron chi connectivity index (χ3n) is 3.80. The first-order chi connectivity index (χ1) is 10.1. The van der Waals surface area contributed by atoms with Crippen LogP contribution in [0.2, 0.25) is 5.02 Å². The largest absolute Gasteiger partial charge is 0.384 e. The van der Waals surface area contributed by atoms with Crippen LogP contribution < -0.4 is 0 Å². The molecule has 3 aromatic rings. The minimum atomic E-state index is -0.676. The average Bonchev–Trinajstić information content (AvgIpc) is 2.50. The van der Waals surface area contributed by atoms with E-state index in [1.807, 2.05) is 61.5 Å². The van der Waals surface area contributed by atoms with Crippen LogP contribution in [0.25, 0.3) is 10.8 Å². The van der Waals surface area contributed by atoms with E-state index < -0.39 is 6.10 Å². The van der Waals surface area contributed by atoms with Crippen molar-refractivity contribution in [1.29, 1.82) is 0 Å². The van der Waals surface area contributed by atoms with Gasteiger partial charge in [-0.05, 0) is 41.1 Å². The van der Waals surface area contributed by atoms with E-state index in [1.54, 1.807) is 0 Å².